The number of alkyl halides is 3. The monoisotopic (exact) mass is 339 g/mol. The average Bonchev–Trinajstić information content (AvgIpc) is 2.52. The van der Waals surface area contributed by atoms with Gasteiger partial charge in [-0.15, -0.1) is 0 Å². The molecular weight excluding hydrogens is 319 g/mol. The first-order valence-corrected chi connectivity index (χ1v) is 7.85. The van der Waals surface area contributed by atoms with Gasteiger partial charge >= 0.3 is 6.18 Å². The first-order valence-electron chi connectivity index (χ1n) is 7.85. The normalized spacial score (nSPS) is 22.0. The zero-order valence-electron chi connectivity index (χ0n) is 13.4. The van der Waals surface area contributed by atoms with Gasteiger partial charge in [-0.25, -0.2) is 0 Å². The van der Waals surface area contributed by atoms with Crippen molar-refractivity contribution in [2.75, 3.05) is 13.6 Å². The summed E-state index contributed by atoms with van der Waals surface area (Å²) in [7, 11) is 1.44. The lowest BCUT2D eigenvalue weighted by atomic mass is 9.98. The van der Waals surface area contributed by atoms with E-state index >= 15 is 0 Å². The molecule has 0 aromatic heterocycles. The fraction of sp³-hybridized carbons (Fsp3) is 0.529. The maximum atomic E-state index is 12.8. The zero-order chi connectivity index (χ0) is 17.7. The Balaban J connectivity index is 1.78. The Hall–Kier alpha value is -2.07. The number of aryl methyl sites for hydroxylation is 1. The van der Waals surface area contributed by atoms with Crippen molar-refractivity contribution >= 4 is 5.91 Å². The number of nitriles is 1. The second-order valence-electron chi connectivity index (χ2n) is 6.15. The van der Waals surface area contributed by atoms with Gasteiger partial charge in [-0.1, -0.05) is 12.1 Å². The molecule has 130 valence electrons. The highest BCUT2D eigenvalue weighted by Crippen LogP contribution is 2.30. The van der Waals surface area contributed by atoms with Crippen LogP contribution in [0, 0.1) is 11.3 Å². The molecule has 7 heteroatoms. The van der Waals surface area contributed by atoms with Crippen LogP contribution in [-0.2, 0) is 11.2 Å². The smallest absolute Gasteiger partial charge is 0.352 e. The molecule has 1 fully saturated rings. The summed E-state index contributed by atoms with van der Waals surface area (Å²) in [5, 5.41) is 11.5. The highest BCUT2D eigenvalue weighted by Gasteiger charge is 2.44. The lowest BCUT2D eigenvalue weighted by Crippen LogP contribution is -2.54. The Labute approximate surface area is 139 Å². The van der Waals surface area contributed by atoms with Gasteiger partial charge in [-0.2, -0.15) is 18.4 Å². The molecule has 1 saturated heterocycles. The highest BCUT2D eigenvalue weighted by atomic mass is 19.4. The molecule has 0 radical (unpaired) electrons. The van der Waals surface area contributed by atoms with Crippen LogP contribution in [0.5, 0.6) is 0 Å². The maximum absolute atomic E-state index is 12.8. The predicted molar refractivity (Wildman–Crippen MR) is 83.1 cm³/mol. The van der Waals surface area contributed by atoms with Crippen LogP contribution < -0.4 is 5.32 Å². The number of nitrogens with one attached hydrogen (secondary N) is 1. The minimum Gasteiger partial charge on any atom is -0.352 e. The molecule has 1 amide bonds. The summed E-state index contributed by atoms with van der Waals surface area (Å²) < 4.78 is 38.4. The SMILES string of the molecule is CN1CC(NC(=O)CCc2ccc(C#N)cc2)CCC1C(F)(F)F. The van der Waals surface area contributed by atoms with E-state index in [4.69, 9.17) is 5.26 Å². The van der Waals surface area contributed by atoms with Crippen LogP contribution in [0.1, 0.15) is 30.4 Å². The van der Waals surface area contributed by atoms with Crippen LogP contribution >= 0.6 is 0 Å². The minimum absolute atomic E-state index is 0.000564. The lowest BCUT2D eigenvalue weighted by molar-refractivity contribution is -0.188. The molecule has 24 heavy (non-hydrogen) atoms. The predicted octanol–water partition coefficient (Wildman–Crippen LogP) is 2.63. The average molecular weight is 339 g/mol. The summed E-state index contributed by atoms with van der Waals surface area (Å²) in [6.07, 6.45) is -3.09. The number of carbonyl (C=O) groups is 1. The summed E-state index contributed by atoms with van der Waals surface area (Å²) in [5.74, 6) is -0.164. The van der Waals surface area contributed by atoms with Crippen LogP contribution in [0.15, 0.2) is 24.3 Å². The number of benzene rings is 1. The second-order valence-corrected chi connectivity index (χ2v) is 6.15. The summed E-state index contributed by atoms with van der Waals surface area (Å²) in [5.41, 5.74) is 1.51. The molecule has 0 saturated carbocycles. The number of carbonyl (C=O) groups excluding carboxylic acids is 1. The van der Waals surface area contributed by atoms with Gasteiger partial charge in [0.1, 0.15) is 6.04 Å². The molecule has 1 aliphatic heterocycles. The molecule has 1 N–H and O–H groups in total. The minimum atomic E-state index is -4.22. The van der Waals surface area contributed by atoms with E-state index < -0.39 is 12.2 Å². The number of hydrogen-bond donors (Lipinski definition) is 1. The first kappa shape index (κ1) is 18.3. The van der Waals surface area contributed by atoms with Crippen molar-refractivity contribution in [1.29, 1.82) is 5.26 Å². The van der Waals surface area contributed by atoms with E-state index in [9.17, 15) is 18.0 Å². The molecule has 0 aliphatic carbocycles. The molecule has 1 aliphatic rings. The third-order valence-corrected chi connectivity index (χ3v) is 4.30. The van der Waals surface area contributed by atoms with Gasteiger partial charge in [0.15, 0.2) is 0 Å². The van der Waals surface area contributed by atoms with Crippen LogP contribution in [0.4, 0.5) is 13.2 Å². The molecule has 2 unspecified atom stereocenters. The Morgan fingerprint density at radius 2 is 2.00 bits per heavy atom. The van der Waals surface area contributed by atoms with Crippen molar-refractivity contribution in [2.24, 2.45) is 0 Å². The number of rotatable bonds is 4. The first-order chi connectivity index (χ1) is 11.3. The number of hydrogen-bond acceptors (Lipinski definition) is 3. The largest absolute Gasteiger partial charge is 0.404 e. The fourth-order valence-corrected chi connectivity index (χ4v) is 2.98. The van der Waals surface area contributed by atoms with Crippen LogP contribution in [-0.4, -0.2) is 42.7 Å². The summed E-state index contributed by atoms with van der Waals surface area (Å²) in [6, 6.07) is 7.34. The molecule has 1 aromatic carbocycles. The van der Waals surface area contributed by atoms with Gasteiger partial charge in [-0.3, -0.25) is 9.69 Å². The van der Waals surface area contributed by atoms with Crippen molar-refractivity contribution in [3.63, 3.8) is 0 Å². The number of likely N-dealkylation sites (tertiary alicyclic amines) is 1. The maximum Gasteiger partial charge on any atom is 0.404 e. The molecule has 0 spiro atoms. The lowest BCUT2D eigenvalue weighted by Gasteiger charge is -2.38. The van der Waals surface area contributed by atoms with E-state index in [-0.39, 0.29) is 31.3 Å². The Bertz CT molecular complexity index is 607. The summed E-state index contributed by atoms with van der Waals surface area (Å²) >= 11 is 0. The van der Waals surface area contributed by atoms with E-state index in [2.05, 4.69) is 5.32 Å². The van der Waals surface area contributed by atoms with Gasteiger partial charge in [0, 0.05) is 19.0 Å². The second kappa shape index (κ2) is 7.67. The standard InChI is InChI=1S/C17H20F3N3O/c1-23-11-14(7-8-15(23)17(18,19)20)22-16(24)9-6-12-2-4-13(10-21)5-3-12/h2-5,14-15H,6-9,11H2,1H3,(H,22,24). The van der Waals surface area contributed by atoms with E-state index in [0.29, 0.717) is 18.4 Å². The third kappa shape index (κ3) is 4.96. The van der Waals surface area contributed by atoms with Crippen molar-refractivity contribution in [2.45, 2.75) is 43.9 Å². The highest BCUT2D eigenvalue weighted by molar-refractivity contribution is 5.76. The molecular formula is C17H20F3N3O. The molecule has 2 atom stereocenters. The topological polar surface area (TPSA) is 56.1 Å². The number of halogens is 3. The Morgan fingerprint density at radius 3 is 2.54 bits per heavy atom. The summed E-state index contributed by atoms with van der Waals surface area (Å²) in [6.45, 7) is 0.201. The zero-order valence-corrected chi connectivity index (χ0v) is 13.4. The number of likely N-dealkylation sites (N-methyl/N-ethyl adjacent to an activating group) is 1. The van der Waals surface area contributed by atoms with Gasteiger partial charge in [0.2, 0.25) is 5.91 Å². The van der Waals surface area contributed by atoms with Crippen molar-refractivity contribution in [3.05, 3.63) is 35.4 Å². The number of nitrogens with zero attached hydrogens (tertiary/aromatic N) is 2. The number of amides is 1. The van der Waals surface area contributed by atoms with Crippen molar-refractivity contribution < 1.29 is 18.0 Å². The van der Waals surface area contributed by atoms with Crippen LogP contribution in [0.2, 0.25) is 0 Å². The Morgan fingerprint density at radius 1 is 1.33 bits per heavy atom. The van der Waals surface area contributed by atoms with Gasteiger partial charge in [-0.05, 0) is 44.0 Å². The van der Waals surface area contributed by atoms with Gasteiger partial charge in [0.25, 0.3) is 0 Å². The molecule has 1 heterocycles. The van der Waals surface area contributed by atoms with E-state index in [1.54, 1.807) is 24.3 Å². The van der Waals surface area contributed by atoms with Crippen LogP contribution in [0.3, 0.4) is 0 Å². The van der Waals surface area contributed by atoms with E-state index in [0.717, 1.165) is 5.56 Å². The molecule has 0 bridgehead atoms. The quantitative estimate of drug-likeness (QED) is 0.917. The van der Waals surface area contributed by atoms with Crippen molar-refractivity contribution in [1.82, 2.24) is 10.2 Å². The van der Waals surface area contributed by atoms with Gasteiger partial charge in [0.05, 0.1) is 11.6 Å². The molecule has 1 aromatic rings. The van der Waals surface area contributed by atoms with E-state index in [1.165, 1.54) is 11.9 Å². The summed E-state index contributed by atoms with van der Waals surface area (Å²) in [4.78, 5) is 13.2. The van der Waals surface area contributed by atoms with Gasteiger partial charge < -0.3 is 5.32 Å². The Kier molecular flexibility index (Phi) is 5.84. The molecule has 4 nitrogen and oxygen atoms in total. The van der Waals surface area contributed by atoms with E-state index in [1.807, 2.05) is 6.07 Å². The fourth-order valence-electron chi connectivity index (χ4n) is 2.98. The van der Waals surface area contributed by atoms with Crippen molar-refractivity contribution in [3.8, 4) is 6.07 Å². The number of piperidine rings is 1. The van der Waals surface area contributed by atoms with Crippen LogP contribution in [0.25, 0.3) is 0 Å². The third-order valence-electron chi connectivity index (χ3n) is 4.30. The molecule has 2 rings (SSSR count).